The van der Waals surface area contributed by atoms with Gasteiger partial charge in [0.2, 0.25) is 11.1 Å². The van der Waals surface area contributed by atoms with Crippen molar-refractivity contribution in [1.82, 2.24) is 30.0 Å². The fraction of sp³-hybridized carbons (Fsp3) is 0.286. The number of nitrogens with one attached hydrogen (secondary N) is 1. The molecule has 1 aromatic carbocycles. The summed E-state index contributed by atoms with van der Waals surface area (Å²) < 4.78 is 3.47. The zero-order valence-corrected chi connectivity index (χ0v) is 19.2. The average Bonchev–Trinajstić information content (AvgIpc) is 3.48. The molecule has 10 heteroatoms. The lowest BCUT2D eigenvalue weighted by Gasteiger charge is -2.14. The Bertz CT molecular complexity index is 1140. The number of tetrazole rings is 1. The molecule has 0 saturated carbocycles. The number of rotatable bonds is 7. The number of thioether (sulfide) groups is 1. The van der Waals surface area contributed by atoms with E-state index in [1.54, 1.807) is 20.7 Å². The number of carbonyl (C=O) groups is 1. The number of thiophene rings is 1. The summed E-state index contributed by atoms with van der Waals surface area (Å²) in [6.07, 6.45) is 0. The maximum absolute atomic E-state index is 12.7. The van der Waals surface area contributed by atoms with E-state index in [4.69, 9.17) is 5.10 Å². The number of hydrogen-bond acceptors (Lipinski definition) is 7. The van der Waals surface area contributed by atoms with Gasteiger partial charge in [-0.3, -0.25) is 4.79 Å². The first-order valence-corrected chi connectivity index (χ1v) is 11.6. The van der Waals surface area contributed by atoms with Gasteiger partial charge in [0.1, 0.15) is 5.82 Å². The van der Waals surface area contributed by atoms with Crippen molar-refractivity contribution in [3.05, 3.63) is 64.5 Å². The van der Waals surface area contributed by atoms with Crippen molar-refractivity contribution in [3.63, 3.8) is 0 Å². The smallest absolute Gasteiger partial charge is 0.236 e. The maximum atomic E-state index is 12.7. The van der Waals surface area contributed by atoms with Crippen LogP contribution in [0.4, 0.5) is 5.82 Å². The third-order valence-corrected chi connectivity index (χ3v) is 6.28. The number of nitrogens with zero attached hydrogens (tertiary/aromatic N) is 6. The predicted molar refractivity (Wildman–Crippen MR) is 123 cm³/mol. The first kappa shape index (κ1) is 21.3. The number of para-hydroxylation sites is 1. The number of anilines is 1. The zero-order valence-electron chi connectivity index (χ0n) is 17.5. The second-order valence-electron chi connectivity index (χ2n) is 7.95. The Balaban J connectivity index is 1.47. The van der Waals surface area contributed by atoms with Crippen LogP contribution in [0.25, 0.3) is 5.69 Å². The van der Waals surface area contributed by atoms with E-state index in [-0.39, 0.29) is 17.1 Å². The number of carbonyl (C=O) groups excluding carboxylic acids is 1. The van der Waals surface area contributed by atoms with Gasteiger partial charge in [-0.15, -0.1) is 16.4 Å². The quantitative estimate of drug-likeness (QED) is 0.426. The summed E-state index contributed by atoms with van der Waals surface area (Å²) in [6.45, 7) is 6.88. The Morgan fingerprint density at radius 2 is 1.97 bits per heavy atom. The Kier molecular flexibility index (Phi) is 6.19. The molecule has 0 aliphatic heterocycles. The number of benzene rings is 1. The van der Waals surface area contributed by atoms with Crippen molar-refractivity contribution in [2.24, 2.45) is 0 Å². The summed E-state index contributed by atoms with van der Waals surface area (Å²) in [7, 11) is 0. The molecule has 31 heavy (non-hydrogen) atoms. The Hall–Kier alpha value is -2.98. The Morgan fingerprint density at radius 1 is 1.16 bits per heavy atom. The normalized spacial score (nSPS) is 11.6. The summed E-state index contributed by atoms with van der Waals surface area (Å²) in [6, 6.07) is 15.7. The number of amides is 1. The minimum Gasteiger partial charge on any atom is -0.310 e. The molecule has 160 valence electrons. The highest BCUT2D eigenvalue weighted by Crippen LogP contribution is 2.26. The predicted octanol–water partition coefficient (Wildman–Crippen LogP) is 4.00. The molecule has 0 unspecified atom stereocenters. The molecule has 0 fully saturated rings. The Labute approximate surface area is 188 Å². The SMILES string of the molecule is CC(C)(C)c1cc(NC(=O)CSc2nnnn2Cc2cccs2)n(-c2ccccc2)n1. The highest BCUT2D eigenvalue weighted by atomic mass is 32.2. The molecule has 3 heterocycles. The van der Waals surface area contributed by atoms with Crippen molar-refractivity contribution in [3.8, 4) is 5.69 Å². The third kappa shape index (κ3) is 5.20. The minimum absolute atomic E-state index is 0.141. The molecule has 0 bridgehead atoms. The van der Waals surface area contributed by atoms with Gasteiger partial charge in [-0.25, -0.2) is 9.36 Å². The van der Waals surface area contributed by atoms with Crippen LogP contribution in [0.2, 0.25) is 0 Å². The van der Waals surface area contributed by atoms with Crippen LogP contribution in [0.1, 0.15) is 31.3 Å². The van der Waals surface area contributed by atoms with Crippen molar-refractivity contribution >= 4 is 34.8 Å². The molecule has 0 saturated heterocycles. The monoisotopic (exact) mass is 453 g/mol. The number of hydrogen-bond donors (Lipinski definition) is 1. The van der Waals surface area contributed by atoms with Gasteiger partial charge >= 0.3 is 0 Å². The van der Waals surface area contributed by atoms with Crippen LogP contribution in [-0.4, -0.2) is 41.6 Å². The fourth-order valence-electron chi connectivity index (χ4n) is 2.86. The molecule has 0 spiro atoms. The molecule has 0 atom stereocenters. The first-order chi connectivity index (χ1) is 14.9. The van der Waals surface area contributed by atoms with Gasteiger partial charge in [0.25, 0.3) is 0 Å². The van der Waals surface area contributed by atoms with Gasteiger partial charge in [0.15, 0.2) is 0 Å². The summed E-state index contributed by atoms with van der Waals surface area (Å²) >= 11 is 2.95. The van der Waals surface area contributed by atoms with E-state index in [2.05, 4.69) is 41.6 Å². The van der Waals surface area contributed by atoms with Crippen LogP contribution >= 0.6 is 23.1 Å². The van der Waals surface area contributed by atoms with Gasteiger partial charge in [-0.2, -0.15) is 5.10 Å². The first-order valence-electron chi connectivity index (χ1n) is 9.77. The fourth-order valence-corrected chi connectivity index (χ4v) is 4.22. The van der Waals surface area contributed by atoms with Crippen molar-refractivity contribution in [2.75, 3.05) is 11.1 Å². The van der Waals surface area contributed by atoms with E-state index in [9.17, 15) is 4.79 Å². The summed E-state index contributed by atoms with van der Waals surface area (Å²) in [5, 5.41) is 22.2. The molecule has 8 nitrogen and oxygen atoms in total. The third-order valence-electron chi connectivity index (χ3n) is 4.46. The van der Waals surface area contributed by atoms with Crippen molar-refractivity contribution in [1.29, 1.82) is 0 Å². The second-order valence-corrected chi connectivity index (χ2v) is 9.92. The Morgan fingerprint density at radius 3 is 2.68 bits per heavy atom. The van der Waals surface area contributed by atoms with E-state index in [1.165, 1.54) is 11.8 Å². The van der Waals surface area contributed by atoms with Crippen LogP contribution in [0.3, 0.4) is 0 Å². The van der Waals surface area contributed by atoms with E-state index in [1.807, 2.05) is 53.9 Å². The number of aromatic nitrogens is 6. The van der Waals surface area contributed by atoms with E-state index in [0.29, 0.717) is 17.5 Å². The zero-order chi connectivity index (χ0) is 21.8. The van der Waals surface area contributed by atoms with Crippen LogP contribution < -0.4 is 5.32 Å². The molecular formula is C21H23N7OS2. The maximum Gasteiger partial charge on any atom is 0.236 e. The lowest BCUT2D eigenvalue weighted by Crippen LogP contribution is -2.17. The van der Waals surface area contributed by atoms with Crippen LogP contribution in [0.15, 0.2) is 59.1 Å². The standard InChI is InChI=1S/C21H23N7OS2/c1-21(2,3)17-12-18(28(24-17)15-8-5-4-6-9-15)22-19(29)14-31-20-23-25-26-27(20)13-16-10-7-11-30-16/h4-12H,13-14H2,1-3H3,(H,22,29). The van der Waals surface area contributed by atoms with Gasteiger partial charge in [-0.1, -0.05) is 56.8 Å². The van der Waals surface area contributed by atoms with Crippen LogP contribution in [0, 0.1) is 0 Å². The van der Waals surface area contributed by atoms with E-state index in [0.717, 1.165) is 16.3 Å². The second kappa shape index (κ2) is 9.03. The van der Waals surface area contributed by atoms with Crippen LogP contribution in [-0.2, 0) is 16.8 Å². The van der Waals surface area contributed by atoms with Crippen molar-refractivity contribution < 1.29 is 4.79 Å². The molecule has 0 radical (unpaired) electrons. The van der Waals surface area contributed by atoms with E-state index < -0.39 is 0 Å². The molecule has 4 rings (SSSR count). The highest BCUT2D eigenvalue weighted by molar-refractivity contribution is 7.99. The topological polar surface area (TPSA) is 90.5 Å². The summed E-state index contributed by atoms with van der Waals surface area (Å²) in [4.78, 5) is 13.9. The lowest BCUT2D eigenvalue weighted by atomic mass is 9.92. The molecule has 1 N–H and O–H groups in total. The van der Waals surface area contributed by atoms with Gasteiger partial charge in [0.05, 0.1) is 23.7 Å². The largest absolute Gasteiger partial charge is 0.310 e. The summed E-state index contributed by atoms with van der Waals surface area (Å²) in [5.41, 5.74) is 1.65. The lowest BCUT2D eigenvalue weighted by molar-refractivity contribution is -0.113. The molecule has 4 aromatic rings. The summed E-state index contributed by atoms with van der Waals surface area (Å²) in [5.74, 6) is 0.684. The average molecular weight is 454 g/mol. The highest BCUT2D eigenvalue weighted by Gasteiger charge is 2.21. The van der Waals surface area contributed by atoms with E-state index >= 15 is 0 Å². The van der Waals surface area contributed by atoms with Crippen LogP contribution in [0.5, 0.6) is 0 Å². The molecule has 1 amide bonds. The van der Waals surface area contributed by atoms with Gasteiger partial charge < -0.3 is 5.32 Å². The van der Waals surface area contributed by atoms with Gasteiger partial charge in [-0.05, 0) is 34.0 Å². The minimum atomic E-state index is -0.145. The molecular weight excluding hydrogens is 430 g/mol. The molecule has 0 aliphatic carbocycles. The molecule has 0 aliphatic rings. The van der Waals surface area contributed by atoms with Crippen molar-refractivity contribution in [2.45, 2.75) is 37.9 Å². The van der Waals surface area contributed by atoms with Gasteiger partial charge in [0, 0.05) is 16.4 Å². The molecule has 3 aromatic heterocycles.